The predicted molar refractivity (Wildman–Crippen MR) is 97.7 cm³/mol. The molecule has 8 heteroatoms. The van der Waals surface area contributed by atoms with Crippen LogP contribution in [0, 0.1) is 0 Å². The van der Waals surface area contributed by atoms with Gasteiger partial charge in [-0.05, 0) is 57.3 Å². The number of hydrogen-bond acceptors (Lipinski definition) is 6. The van der Waals surface area contributed by atoms with Crippen molar-refractivity contribution >= 4 is 23.3 Å². The molecule has 0 aromatic carbocycles. The van der Waals surface area contributed by atoms with Crippen LogP contribution in [0.1, 0.15) is 68.7 Å². The molecule has 26 heavy (non-hydrogen) atoms. The van der Waals surface area contributed by atoms with E-state index in [4.69, 9.17) is 4.42 Å². The van der Waals surface area contributed by atoms with Gasteiger partial charge in [0.2, 0.25) is 0 Å². The summed E-state index contributed by atoms with van der Waals surface area (Å²) in [5.74, 6) is -0.0813. The van der Waals surface area contributed by atoms with Crippen molar-refractivity contribution in [1.82, 2.24) is 19.8 Å². The summed E-state index contributed by atoms with van der Waals surface area (Å²) >= 11 is 1.12. The van der Waals surface area contributed by atoms with Gasteiger partial charge in [0.05, 0.1) is 6.26 Å². The van der Waals surface area contributed by atoms with E-state index in [1.807, 2.05) is 20.8 Å². The quantitative estimate of drug-likeness (QED) is 0.866. The van der Waals surface area contributed by atoms with Gasteiger partial charge in [-0.15, -0.1) is 5.10 Å². The van der Waals surface area contributed by atoms with E-state index in [1.165, 1.54) is 6.26 Å². The normalized spacial score (nSPS) is 16.4. The summed E-state index contributed by atoms with van der Waals surface area (Å²) in [7, 11) is 0. The first-order chi connectivity index (χ1) is 12.4. The van der Waals surface area contributed by atoms with Crippen LogP contribution in [-0.2, 0) is 4.79 Å². The number of furan rings is 1. The second-order valence-electron chi connectivity index (χ2n) is 7.60. The van der Waals surface area contributed by atoms with Gasteiger partial charge in [-0.3, -0.25) is 9.59 Å². The van der Waals surface area contributed by atoms with Gasteiger partial charge in [0, 0.05) is 17.0 Å². The van der Waals surface area contributed by atoms with Crippen molar-refractivity contribution in [2.75, 3.05) is 0 Å². The predicted octanol–water partition coefficient (Wildman–Crippen LogP) is 3.17. The average Bonchev–Trinajstić information content (AvgIpc) is 3.33. The van der Waals surface area contributed by atoms with Gasteiger partial charge >= 0.3 is 0 Å². The molecule has 7 nitrogen and oxygen atoms in total. The second kappa shape index (κ2) is 7.57. The molecule has 0 spiro atoms. The van der Waals surface area contributed by atoms with Crippen LogP contribution >= 0.6 is 11.5 Å². The van der Waals surface area contributed by atoms with Crippen molar-refractivity contribution in [3.8, 4) is 0 Å². The number of nitrogens with one attached hydrogen (secondary N) is 1. The van der Waals surface area contributed by atoms with Crippen LogP contribution in [0.15, 0.2) is 28.2 Å². The minimum Gasteiger partial charge on any atom is -0.467 e. The van der Waals surface area contributed by atoms with E-state index in [9.17, 15) is 9.59 Å². The first-order valence-corrected chi connectivity index (χ1v) is 9.65. The fraction of sp³-hybridized carbons (Fsp3) is 0.556. The molecule has 140 valence electrons. The number of rotatable bonds is 5. The van der Waals surface area contributed by atoms with Crippen molar-refractivity contribution in [1.29, 1.82) is 0 Å². The highest BCUT2D eigenvalue weighted by atomic mass is 32.1. The Morgan fingerprint density at radius 1 is 1.35 bits per heavy atom. The lowest BCUT2D eigenvalue weighted by molar-refractivity contribution is -0.128. The summed E-state index contributed by atoms with van der Waals surface area (Å²) in [4.78, 5) is 28.0. The van der Waals surface area contributed by atoms with Crippen LogP contribution in [-0.4, -0.2) is 37.9 Å². The molecule has 2 aromatic heterocycles. The van der Waals surface area contributed by atoms with Gasteiger partial charge < -0.3 is 14.6 Å². The van der Waals surface area contributed by atoms with Crippen LogP contribution in [0.4, 0.5) is 0 Å². The first kappa shape index (κ1) is 18.6. The Morgan fingerprint density at radius 3 is 2.62 bits per heavy atom. The molecule has 0 bridgehead atoms. The number of nitrogens with zero attached hydrogens (tertiary/aromatic N) is 3. The van der Waals surface area contributed by atoms with Crippen molar-refractivity contribution in [3.05, 3.63) is 35.2 Å². The summed E-state index contributed by atoms with van der Waals surface area (Å²) < 4.78 is 9.35. The van der Waals surface area contributed by atoms with Crippen LogP contribution in [0.5, 0.6) is 0 Å². The maximum Gasteiger partial charge on any atom is 0.276 e. The van der Waals surface area contributed by atoms with Gasteiger partial charge in [0.15, 0.2) is 11.7 Å². The molecule has 2 heterocycles. The lowest BCUT2D eigenvalue weighted by Gasteiger charge is -2.35. The van der Waals surface area contributed by atoms with Crippen LogP contribution in [0.3, 0.4) is 0 Å². The van der Waals surface area contributed by atoms with Crippen molar-refractivity contribution in [2.45, 2.75) is 64.1 Å². The van der Waals surface area contributed by atoms with E-state index >= 15 is 0 Å². The third-order valence-corrected chi connectivity index (χ3v) is 4.87. The smallest absolute Gasteiger partial charge is 0.276 e. The Bertz CT molecular complexity index is 731. The average molecular weight is 376 g/mol. The van der Waals surface area contributed by atoms with Crippen LogP contribution in [0.2, 0.25) is 0 Å². The largest absolute Gasteiger partial charge is 0.467 e. The number of amides is 2. The van der Waals surface area contributed by atoms with Gasteiger partial charge in [0.1, 0.15) is 5.76 Å². The summed E-state index contributed by atoms with van der Waals surface area (Å²) in [5, 5.41) is 8.52. The number of carbonyl (C=O) groups is 2. The molecule has 0 radical (unpaired) electrons. The maximum atomic E-state index is 13.2. The number of hydrogen-bond donors (Lipinski definition) is 1. The Kier molecular flexibility index (Phi) is 5.41. The van der Waals surface area contributed by atoms with Crippen molar-refractivity contribution in [2.24, 2.45) is 0 Å². The fourth-order valence-corrected chi connectivity index (χ4v) is 3.77. The van der Waals surface area contributed by atoms with E-state index < -0.39 is 11.6 Å². The molecule has 1 fully saturated rings. The third-order valence-electron chi connectivity index (χ3n) is 4.37. The number of aromatic nitrogens is 2. The third kappa shape index (κ3) is 4.12. The van der Waals surface area contributed by atoms with Gasteiger partial charge in [-0.1, -0.05) is 17.3 Å². The molecule has 1 aliphatic rings. The van der Waals surface area contributed by atoms with Crippen molar-refractivity contribution < 1.29 is 14.0 Å². The molecule has 0 aliphatic heterocycles. The molecular formula is C18H24N4O3S. The zero-order chi connectivity index (χ0) is 18.7. The molecule has 3 rings (SSSR count). The summed E-state index contributed by atoms with van der Waals surface area (Å²) in [6.45, 7) is 5.74. The zero-order valence-electron chi connectivity index (χ0n) is 15.3. The van der Waals surface area contributed by atoms with Gasteiger partial charge in [-0.2, -0.15) is 0 Å². The molecule has 0 saturated heterocycles. The van der Waals surface area contributed by atoms with Crippen molar-refractivity contribution in [3.63, 3.8) is 0 Å². The Labute approximate surface area is 156 Å². The maximum absolute atomic E-state index is 13.2. The highest BCUT2D eigenvalue weighted by molar-refractivity contribution is 7.03. The van der Waals surface area contributed by atoms with Gasteiger partial charge in [0.25, 0.3) is 11.8 Å². The minimum absolute atomic E-state index is 0.0231. The standard InChI is InChI=1S/C18H24N4O3S/c1-18(2,3)19-16(23)15(14-9-6-10-25-14)22(12-7-4-5-8-12)17(24)13-11-26-21-20-13/h6,9-12,15H,4-5,7-8H2,1-3H3,(H,19,23)/t15-/m1/s1. The van der Waals surface area contributed by atoms with E-state index in [2.05, 4.69) is 14.9 Å². The fourth-order valence-electron chi connectivity index (χ4n) is 3.34. The molecular weight excluding hydrogens is 352 g/mol. The molecule has 2 aromatic rings. The Balaban J connectivity index is 2.00. The monoisotopic (exact) mass is 376 g/mol. The molecule has 1 aliphatic carbocycles. The lowest BCUT2D eigenvalue weighted by Crippen LogP contribution is -2.51. The van der Waals surface area contributed by atoms with E-state index in [0.29, 0.717) is 5.76 Å². The first-order valence-electron chi connectivity index (χ1n) is 8.82. The second-order valence-corrected chi connectivity index (χ2v) is 8.21. The Morgan fingerprint density at radius 2 is 2.08 bits per heavy atom. The lowest BCUT2D eigenvalue weighted by atomic mass is 10.0. The molecule has 1 atom stereocenters. The number of carbonyl (C=O) groups excluding carboxylic acids is 2. The molecule has 2 amide bonds. The highest BCUT2D eigenvalue weighted by Crippen LogP contribution is 2.33. The van der Waals surface area contributed by atoms with Gasteiger partial charge in [-0.25, -0.2) is 0 Å². The molecule has 1 saturated carbocycles. The molecule has 1 N–H and O–H groups in total. The SMILES string of the molecule is CC(C)(C)NC(=O)[C@@H](c1ccco1)N(C(=O)c1csnn1)C1CCCC1. The van der Waals surface area contributed by atoms with Crippen LogP contribution in [0.25, 0.3) is 0 Å². The minimum atomic E-state index is -0.832. The van der Waals surface area contributed by atoms with E-state index in [0.717, 1.165) is 37.2 Å². The zero-order valence-corrected chi connectivity index (χ0v) is 16.1. The molecule has 0 unspecified atom stereocenters. The van der Waals surface area contributed by atoms with Crippen LogP contribution < -0.4 is 5.32 Å². The summed E-state index contributed by atoms with van der Waals surface area (Å²) in [5.41, 5.74) is -0.156. The Hall–Kier alpha value is -2.22. The summed E-state index contributed by atoms with van der Waals surface area (Å²) in [6.07, 6.45) is 5.33. The van der Waals surface area contributed by atoms with E-state index in [1.54, 1.807) is 22.4 Å². The summed E-state index contributed by atoms with van der Waals surface area (Å²) in [6, 6.07) is 2.61. The topological polar surface area (TPSA) is 88.3 Å². The van der Waals surface area contributed by atoms with E-state index in [-0.39, 0.29) is 23.6 Å². The highest BCUT2D eigenvalue weighted by Gasteiger charge is 2.41.